The average molecular weight is 492 g/mol. The third kappa shape index (κ3) is 4.94. The van der Waals surface area contributed by atoms with Gasteiger partial charge in [-0.05, 0) is 51.3 Å². The van der Waals surface area contributed by atoms with E-state index in [1.807, 2.05) is 6.08 Å². The standard InChI is InChI=1S/C23H31ClFN7O2/c24-31(23(33)30-11-5-2-6-12-30)32-20(7-8-26-32)22-27-18-15-17(25)21(16-19(18)28-22)34-14-13-29-9-3-1-4-10-29/h7-8,15-16,20,26H,1-6,9-14H2,(H,27,28). The number of nitrogens with one attached hydrogen (secondary N) is 2. The molecular formula is C23H31ClFN7O2. The van der Waals surface area contributed by atoms with Crippen LogP contribution in [0.5, 0.6) is 5.75 Å². The molecule has 3 aliphatic heterocycles. The number of ether oxygens (including phenoxy) is 1. The molecule has 0 bridgehead atoms. The molecule has 3 aliphatic rings. The number of urea groups is 1. The van der Waals surface area contributed by atoms with Crippen LogP contribution in [0.3, 0.4) is 0 Å². The highest BCUT2D eigenvalue weighted by Crippen LogP contribution is 2.30. The summed E-state index contributed by atoms with van der Waals surface area (Å²) in [6.45, 7) is 4.75. The Morgan fingerprint density at radius 3 is 2.65 bits per heavy atom. The van der Waals surface area contributed by atoms with E-state index in [4.69, 9.17) is 16.5 Å². The lowest BCUT2D eigenvalue weighted by atomic mass is 10.1. The van der Waals surface area contributed by atoms with Crippen LogP contribution in [-0.4, -0.2) is 74.8 Å². The summed E-state index contributed by atoms with van der Waals surface area (Å²) < 4.78 is 21.5. The number of aromatic nitrogens is 2. The number of hydrogen-bond donors (Lipinski definition) is 2. The summed E-state index contributed by atoms with van der Waals surface area (Å²) in [6.07, 6.45) is 10.3. The van der Waals surface area contributed by atoms with Gasteiger partial charge in [0.25, 0.3) is 0 Å². The number of hydrogen-bond acceptors (Lipinski definition) is 6. The van der Waals surface area contributed by atoms with E-state index in [0.717, 1.165) is 43.4 Å². The van der Waals surface area contributed by atoms with E-state index in [1.54, 1.807) is 17.2 Å². The number of amides is 2. The molecule has 11 heteroatoms. The monoisotopic (exact) mass is 491 g/mol. The van der Waals surface area contributed by atoms with Gasteiger partial charge >= 0.3 is 6.03 Å². The van der Waals surface area contributed by atoms with Crippen LogP contribution in [0.4, 0.5) is 9.18 Å². The Balaban J connectivity index is 1.27. The van der Waals surface area contributed by atoms with Gasteiger partial charge in [0, 0.05) is 49.7 Å². The highest BCUT2D eigenvalue weighted by molar-refractivity contribution is 6.20. The van der Waals surface area contributed by atoms with Gasteiger partial charge in [-0.2, -0.15) is 0 Å². The van der Waals surface area contributed by atoms with Crippen LogP contribution < -0.4 is 10.2 Å². The molecule has 184 valence electrons. The molecule has 2 N–H and O–H groups in total. The fourth-order valence-corrected chi connectivity index (χ4v) is 5.03. The number of halogens is 2. The maximum absolute atomic E-state index is 14.7. The van der Waals surface area contributed by atoms with E-state index in [2.05, 4.69) is 20.3 Å². The van der Waals surface area contributed by atoms with E-state index in [-0.39, 0.29) is 11.8 Å². The quantitative estimate of drug-likeness (QED) is 0.596. The van der Waals surface area contributed by atoms with Crippen molar-refractivity contribution in [1.82, 2.24) is 34.8 Å². The zero-order valence-corrected chi connectivity index (χ0v) is 19.9. The summed E-state index contributed by atoms with van der Waals surface area (Å²) >= 11 is 6.43. The number of piperidine rings is 2. The molecule has 2 saturated heterocycles. The van der Waals surface area contributed by atoms with Gasteiger partial charge < -0.3 is 20.0 Å². The van der Waals surface area contributed by atoms with Crippen molar-refractivity contribution in [3.63, 3.8) is 0 Å². The third-order valence-corrected chi connectivity index (χ3v) is 6.98. The predicted octanol–water partition coefficient (Wildman–Crippen LogP) is 3.92. The smallest absolute Gasteiger partial charge is 0.351 e. The molecule has 1 atom stereocenters. The molecule has 2 fully saturated rings. The van der Waals surface area contributed by atoms with Crippen LogP contribution in [-0.2, 0) is 0 Å². The third-order valence-electron chi connectivity index (χ3n) is 6.67. The van der Waals surface area contributed by atoms with Crippen molar-refractivity contribution >= 4 is 28.8 Å². The number of rotatable bonds is 6. The van der Waals surface area contributed by atoms with Crippen molar-refractivity contribution in [3.8, 4) is 5.75 Å². The Hall–Kier alpha value is -2.56. The van der Waals surface area contributed by atoms with Gasteiger partial charge in [-0.1, -0.05) is 6.42 Å². The van der Waals surface area contributed by atoms with E-state index in [9.17, 15) is 9.18 Å². The fourth-order valence-electron chi connectivity index (χ4n) is 4.78. The number of likely N-dealkylation sites (tertiary alicyclic amines) is 2. The first-order valence-corrected chi connectivity index (χ1v) is 12.4. The Morgan fingerprint density at radius 1 is 1.15 bits per heavy atom. The molecule has 5 rings (SSSR count). The largest absolute Gasteiger partial charge is 0.489 e. The Morgan fingerprint density at radius 2 is 1.88 bits per heavy atom. The predicted molar refractivity (Wildman–Crippen MR) is 127 cm³/mol. The van der Waals surface area contributed by atoms with Crippen LogP contribution >= 0.6 is 11.8 Å². The Labute approximate surface area is 203 Å². The highest BCUT2D eigenvalue weighted by Gasteiger charge is 2.34. The molecule has 9 nitrogen and oxygen atoms in total. The van der Waals surface area contributed by atoms with Gasteiger partial charge in [-0.3, -0.25) is 4.90 Å². The average Bonchev–Trinajstić information content (AvgIpc) is 3.51. The summed E-state index contributed by atoms with van der Waals surface area (Å²) in [5.41, 5.74) is 4.13. The first-order valence-electron chi connectivity index (χ1n) is 12.1. The van der Waals surface area contributed by atoms with Gasteiger partial charge in [0.05, 0.1) is 11.0 Å². The van der Waals surface area contributed by atoms with Crippen molar-refractivity contribution < 1.29 is 13.9 Å². The van der Waals surface area contributed by atoms with Crippen LogP contribution in [0.15, 0.2) is 24.4 Å². The SMILES string of the molecule is O=C(N1CCCCC1)N(Cl)N1NC=CC1c1nc2cc(OCCN3CCCCC3)c(F)cc2[nH]1. The summed E-state index contributed by atoms with van der Waals surface area (Å²) in [5, 5.41) is 1.50. The van der Waals surface area contributed by atoms with Crippen molar-refractivity contribution in [1.29, 1.82) is 0 Å². The molecule has 1 unspecified atom stereocenters. The molecule has 34 heavy (non-hydrogen) atoms. The van der Waals surface area contributed by atoms with Crippen molar-refractivity contribution in [3.05, 3.63) is 36.1 Å². The minimum Gasteiger partial charge on any atom is -0.489 e. The van der Waals surface area contributed by atoms with Crippen molar-refractivity contribution in [2.45, 2.75) is 44.6 Å². The zero-order chi connectivity index (χ0) is 23.5. The Kier molecular flexibility index (Phi) is 7.07. The van der Waals surface area contributed by atoms with Gasteiger partial charge in [0.2, 0.25) is 0 Å². The molecule has 0 saturated carbocycles. The number of carbonyl (C=O) groups is 1. The number of hydrazine groups is 2. The number of carbonyl (C=O) groups excluding carboxylic acids is 1. The number of nitrogens with zero attached hydrogens (tertiary/aromatic N) is 5. The van der Waals surface area contributed by atoms with E-state index < -0.39 is 11.9 Å². The van der Waals surface area contributed by atoms with Crippen molar-refractivity contribution in [2.24, 2.45) is 0 Å². The minimum atomic E-state index is -0.454. The number of aromatic amines is 1. The number of H-pyrrole nitrogens is 1. The maximum atomic E-state index is 14.7. The second-order valence-corrected chi connectivity index (χ2v) is 9.36. The van der Waals surface area contributed by atoms with Gasteiger partial charge in [0.1, 0.15) is 18.5 Å². The number of benzene rings is 1. The van der Waals surface area contributed by atoms with Crippen LogP contribution in [0, 0.1) is 5.82 Å². The first kappa shape index (κ1) is 23.2. The molecule has 0 aliphatic carbocycles. The molecule has 4 heterocycles. The lowest BCUT2D eigenvalue weighted by Crippen LogP contribution is -2.51. The normalized spacial score (nSPS) is 21.7. The summed E-state index contributed by atoms with van der Waals surface area (Å²) in [6, 6.07) is 2.28. The second kappa shape index (κ2) is 10.4. The topological polar surface area (TPSA) is 80.0 Å². The molecule has 1 aromatic heterocycles. The first-order chi connectivity index (χ1) is 16.6. The molecular weight excluding hydrogens is 461 g/mol. The number of imidazole rings is 1. The van der Waals surface area contributed by atoms with E-state index >= 15 is 0 Å². The van der Waals surface area contributed by atoms with Crippen molar-refractivity contribution in [2.75, 3.05) is 39.3 Å². The van der Waals surface area contributed by atoms with Crippen LogP contribution in [0.2, 0.25) is 0 Å². The summed E-state index contributed by atoms with van der Waals surface area (Å²) in [7, 11) is 0. The second-order valence-electron chi connectivity index (χ2n) is 9.04. The Bertz CT molecular complexity index is 1040. The van der Waals surface area contributed by atoms with E-state index in [0.29, 0.717) is 36.6 Å². The highest BCUT2D eigenvalue weighted by atomic mass is 35.5. The van der Waals surface area contributed by atoms with Crippen LogP contribution in [0.25, 0.3) is 11.0 Å². The lowest BCUT2D eigenvalue weighted by Gasteiger charge is -2.34. The molecule has 0 radical (unpaired) electrons. The molecule has 2 amide bonds. The lowest BCUT2D eigenvalue weighted by molar-refractivity contribution is 0.0171. The number of fused-ring (bicyclic) bond motifs is 1. The zero-order valence-electron chi connectivity index (χ0n) is 19.2. The molecule has 0 spiro atoms. The summed E-state index contributed by atoms with van der Waals surface area (Å²) in [5.74, 6) is 0.300. The van der Waals surface area contributed by atoms with Gasteiger partial charge in [-0.15, -0.1) is 9.65 Å². The minimum absolute atomic E-state index is 0.193. The van der Waals surface area contributed by atoms with Crippen LogP contribution in [0.1, 0.15) is 50.4 Å². The maximum Gasteiger partial charge on any atom is 0.351 e. The van der Waals surface area contributed by atoms with Gasteiger partial charge in [0.15, 0.2) is 11.6 Å². The van der Waals surface area contributed by atoms with E-state index in [1.165, 1.54) is 30.4 Å². The van der Waals surface area contributed by atoms with Gasteiger partial charge in [-0.25, -0.2) is 14.2 Å². The summed E-state index contributed by atoms with van der Waals surface area (Å²) in [4.78, 5) is 24.7. The molecule has 2 aromatic rings. The molecule has 1 aromatic carbocycles. The fraction of sp³-hybridized carbons (Fsp3) is 0.565.